The minimum Gasteiger partial charge on any atom is -0.309 e. The van der Waals surface area contributed by atoms with Crippen molar-refractivity contribution in [1.82, 2.24) is 3.11 Å². The average Bonchev–Trinajstić information content (AvgIpc) is 1.61. The molecule has 0 aromatic rings. The summed E-state index contributed by atoms with van der Waals surface area (Å²) in [6.07, 6.45) is 1.79. The van der Waals surface area contributed by atoms with E-state index < -0.39 is 0 Å². The third-order valence-corrected chi connectivity index (χ3v) is 0.672. The molecule has 0 aliphatic carbocycles. The second kappa shape index (κ2) is 4.36. The first-order valence-electron chi connectivity index (χ1n) is 2.16. The van der Waals surface area contributed by atoms with Crippen molar-refractivity contribution < 1.29 is 0 Å². The van der Waals surface area contributed by atoms with Crippen molar-refractivity contribution in [1.29, 1.82) is 0 Å². The van der Waals surface area contributed by atoms with Crippen LogP contribution >= 0.6 is 22.9 Å². The van der Waals surface area contributed by atoms with Gasteiger partial charge in [-0.3, -0.25) is 4.99 Å². The molecule has 0 heterocycles. The number of halogens is 1. The minimum absolute atomic E-state index is 0.868. The number of aliphatic imine (C=N–C) groups is 1. The molecule has 0 aromatic heterocycles. The maximum Gasteiger partial charge on any atom is 0.0934 e. The molecule has 0 bridgehead atoms. The molecule has 0 rings (SSSR count). The van der Waals surface area contributed by atoms with Crippen LogP contribution in [0.2, 0.25) is 0 Å². The van der Waals surface area contributed by atoms with Gasteiger partial charge in [0.2, 0.25) is 0 Å². The molecule has 3 heteroatoms. The molecule has 0 amide bonds. The Morgan fingerprint density at radius 3 is 2.57 bits per heavy atom. The zero-order valence-electron chi connectivity index (χ0n) is 4.56. The van der Waals surface area contributed by atoms with E-state index >= 15 is 0 Å². The van der Waals surface area contributed by atoms with E-state index in [9.17, 15) is 0 Å². The van der Waals surface area contributed by atoms with Crippen molar-refractivity contribution in [2.45, 2.75) is 6.92 Å². The highest BCUT2D eigenvalue weighted by atomic mass is 127. The highest BCUT2D eigenvalue weighted by Crippen LogP contribution is 1.84. The average molecular weight is 212 g/mol. The number of rotatable bonds is 2. The molecule has 0 N–H and O–H groups in total. The first-order chi connectivity index (χ1) is 3.27. The van der Waals surface area contributed by atoms with Crippen molar-refractivity contribution >= 4 is 29.2 Å². The smallest absolute Gasteiger partial charge is 0.0934 e. The van der Waals surface area contributed by atoms with E-state index in [1.165, 1.54) is 0 Å². The summed E-state index contributed by atoms with van der Waals surface area (Å²) in [6.45, 7) is 2.88. The van der Waals surface area contributed by atoms with Crippen LogP contribution in [0.3, 0.4) is 0 Å². The number of nitrogens with zero attached hydrogens (tertiary/aromatic N) is 2. The largest absolute Gasteiger partial charge is 0.309 e. The van der Waals surface area contributed by atoms with Gasteiger partial charge in [-0.2, -0.15) is 0 Å². The van der Waals surface area contributed by atoms with E-state index in [0.29, 0.717) is 0 Å². The van der Waals surface area contributed by atoms with Gasteiger partial charge in [0.25, 0.3) is 0 Å². The predicted octanol–water partition coefficient (Wildman–Crippen LogP) is 1.32. The predicted molar refractivity (Wildman–Crippen MR) is 40.8 cm³/mol. The Hall–Kier alpha value is 0.200. The van der Waals surface area contributed by atoms with E-state index in [4.69, 9.17) is 0 Å². The van der Waals surface area contributed by atoms with Gasteiger partial charge in [0.1, 0.15) is 0 Å². The molecule has 7 heavy (non-hydrogen) atoms. The molecule has 42 valence electrons. The maximum absolute atomic E-state index is 3.96. The van der Waals surface area contributed by atoms with Gasteiger partial charge in [0, 0.05) is 13.6 Å². The highest BCUT2D eigenvalue weighted by Gasteiger charge is 1.73. The monoisotopic (exact) mass is 212 g/mol. The third kappa shape index (κ3) is 6.20. The molecule has 0 aliphatic rings. The summed E-state index contributed by atoms with van der Waals surface area (Å²) < 4.78 is 1.89. The summed E-state index contributed by atoms with van der Waals surface area (Å²) in [4.78, 5) is 3.96. The van der Waals surface area contributed by atoms with Gasteiger partial charge >= 0.3 is 0 Å². The molecule has 0 saturated heterocycles. The molecule has 0 aliphatic heterocycles. The Morgan fingerprint density at radius 1 is 1.86 bits per heavy atom. The van der Waals surface area contributed by atoms with Crippen molar-refractivity contribution in [3.8, 4) is 0 Å². The number of hydrogen-bond donors (Lipinski definition) is 0. The lowest BCUT2D eigenvalue weighted by Gasteiger charge is -1.96. The molecule has 0 spiro atoms. The third-order valence-electron chi connectivity index (χ3n) is 0.423. The summed E-state index contributed by atoms with van der Waals surface area (Å²) >= 11 is 2.15. The Morgan fingerprint density at radius 2 is 2.43 bits per heavy atom. The SMILES string of the molecule is CCN=CN(C)I. The molecule has 0 fully saturated rings. The Bertz CT molecular complexity index is 60.7. The van der Waals surface area contributed by atoms with Crippen molar-refractivity contribution in [3.05, 3.63) is 0 Å². The van der Waals surface area contributed by atoms with Crippen LogP contribution in [0.5, 0.6) is 0 Å². The van der Waals surface area contributed by atoms with E-state index in [0.717, 1.165) is 6.54 Å². The summed E-state index contributed by atoms with van der Waals surface area (Å²) in [5, 5.41) is 0. The molecule has 0 unspecified atom stereocenters. The van der Waals surface area contributed by atoms with E-state index in [2.05, 4.69) is 27.9 Å². The van der Waals surface area contributed by atoms with E-state index in [1.807, 2.05) is 17.1 Å². The van der Waals surface area contributed by atoms with Gasteiger partial charge in [-0.05, 0) is 6.92 Å². The second-order valence-corrected chi connectivity index (χ2v) is 2.66. The summed E-state index contributed by atoms with van der Waals surface area (Å²) in [6, 6.07) is 0. The van der Waals surface area contributed by atoms with E-state index in [1.54, 1.807) is 6.34 Å². The van der Waals surface area contributed by atoms with Gasteiger partial charge in [-0.25, -0.2) is 0 Å². The topological polar surface area (TPSA) is 15.6 Å². The molecule has 0 atom stereocenters. The van der Waals surface area contributed by atoms with Crippen LogP contribution in [0.25, 0.3) is 0 Å². The summed E-state index contributed by atoms with van der Waals surface area (Å²) in [7, 11) is 1.94. The highest BCUT2D eigenvalue weighted by molar-refractivity contribution is 14.1. The molecule has 0 radical (unpaired) electrons. The summed E-state index contributed by atoms with van der Waals surface area (Å²) in [5.74, 6) is 0. The van der Waals surface area contributed by atoms with Crippen LogP contribution in [0.4, 0.5) is 0 Å². The van der Waals surface area contributed by atoms with Crippen molar-refractivity contribution in [2.24, 2.45) is 4.99 Å². The first kappa shape index (κ1) is 7.20. The van der Waals surface area contributed by atoms with Crippen LogP contribution in [0, 0.1) is 0 Å². The Labute approximate surface area is 58.1 Å². The molecular formula is C4H9IN2. The quantitative estimate of drug-likeness (QED) is 0.291. The second-order valence-electron chi connectivity index (χ2n) is 1.14. The zero-order valence-corrected chi connectivity index (χ0v) is 6.71. The van der Waals surface area contributed by atoms with Crippen LogP contribution in [0.15, 0.2) is 4.99 Å². The van der Waals surface area contributed by atoms with Gasteiger partial charge in [0.15, 0.2) is 0 Å². The standard InChI is InChI=1S/C4H9IN2/c1-3-6-4-7(2)5/h4H,3H2,1-2H3. The first-order valence-corrected chi connectivity index (χ1v) is 3.12. The summed E-state index contributed by atoms with van der Waals surface area (Å²) in [5.41, 5.74) is 0. The Balaban J connectivity index is 3.08. The minimum atomic E-state index is 0.868. The lowest BCUT2D eigenvalue weighted by Crippen LogP contribution is -1.98. The fourth-order valence-electron chi connectivity index (χ4n) is 0.194. The lowest BCUT2D eigenvalue weighted by atomic mass is 10.8. The van der Waals surface area contributed by atoms with E-state index in [-0.39, 0.29) is 0 Å². The van der Waals surface area contributed by atoms with Gasteiger partial charge in [-0.15, -0.1) is 0 Å². The normalized spacial score (nSPS) is 10.1. The van der Waals surface area contributed by atoms with Crippen molar-refractivity contribution in [2.75, 3.05) is 13.6 Å². The molecule has 0 saturated carbocycles. The maximum atomic E-state index is 3.96. The van der Waals surface area contributed by atoms with Crippen LogP contribution in [-0.4, -0.2) is 23.0 Å². The fraction of sp³-hybridized carbons (Fsp3) is 0.750. The molecule has 0 aromatic carbocycles. The Kier molecular flexibility index (Phi) is 4.49. The fourth-order valence-corrected chi connectivity index (χ4v) is 0.370. The number of hydrogen-bond acceptors (Lipinski definition) is 1. The van der Waals surface area contributed by atoms with Crippen LogP contribution < -0.4 is 0 Å². The molecular weight excluding hydrogens is 203 g/mol. The van der Waals surface area contributed by atoms with Gasteiger partial charge in [-0.1, -0.05) is 0 Å². The van der Waals surface area contributed by atoms with Gasteiger partial charge < -0.3 is 3.11 Å². The van der Waals surface area contributed by atoms with Gasteiger partial charge in [0.05, 0.1) is 29.2 Å². The van der Waals surface area contributed by atoms with Crippen LogP contribution in [0.1, 0.15) is 6.92 Å². The lowest BCUT2D eigenvalue weighted by molar-refractivity contribution is 0.919. The molecule has 2 nitrogen and oxygen atoms in total. The van der Waals surface area contributed by atoms with Crippen molar-refractivity contribution in [3.63, 3.8) is 0 Å². The zero-order chi connectivity index (χ0) is 5.70. The van der Waals surface area contributed by atoms with Crippen LogP contribution in [-0.2, 0) is 0 Å².